The number of nitrogens with one attached hydrogen (secondary N) is 1. The molecule has 0 aliphatic heterocycles. The van der Waals surface area contributed by atoms with E-state index in [9.17, 15) is 13.2 Å². The molecule has 0 aliphatic rings. The van der Waals surface area contributed by atoms with Crippen LogP contribution in [0.4, 0.5) is 13.2 Å². The predicted molar refractivity (Wildman–Crippen MR) is 63.9 cm³/mol. The molecule has 5 heteroatoms. The van der Waals surface area contributed by atoms with E-state index in [-0.39, 0.29) is 6.04 Å². The standard InChI is InChI=1S/C13H18F3NO/c1-2-3-9-12(11-7-5-4-6-8-11)17-18-10-13(14,15)16/h4-8,12,17H,2-3,9-10H2,1H3. The van der Waals surface area contributed by atoms with Gasteiger partial charge in [0.05, 0.1) is 6.04 Å². The van der Waals surface area contributed by atoms with Crippen LogP contribution in [-0.4, -0.2) is 12.8 Å². The van der Waals surface area contributed by atoms with Crippen molar-refractivity contribution in [3.63, 3.8) is 0 Å². The zero-order chi connectivity index (χ0) is 13.4. The van der Waals surface area contributed by atoms with Gasteiger partial charge in [-0.05, 0) is 12.0 Å². The highest BCUT2D eigenvalue weighted by Gasteiger charge is 2.28. The van der Waals surface area contributed by atoms with Crippen molar-refractivity contribution in [3.05, 3.63) is 35.9 Å². The summed E-state index contributed by atoms with van der Waals surface area (Å²) in [6.45, 7) is 0.765. The smallest absolute Gasteiger partial charge is 0.292 e. The highest BCUT2D eigenvalue weighted by Crippen LogP contribution is 2.20. The summed E-state index contributed by atoms with van der Waals surface area (Å²) in [4.78, 5) is 4.54. The second-order valence-corrected chi connectivity index (χ2v) is 4.13. The highest BCUT2D eigenvalue weighted by atomic mass is 19.4. The third-order valence-corrected chi connectivity index (χ3v) is 2.51. The molecule has 18 heavy (non-hydrogen) atoms. The number of hydrogen-bond donors (Lipinski definition) is 1. The van der Waals surface area contributed by atoms with Crippen LogP contribution in [0.2, 0.25) is 0 Å². The van der Waals surface area contributed by atoms with E-state index in [0.717, 1.165) is 24.8 Å². The van der Waals surface area contributed by atoms with Crippen LogP contribution < -0.4 is 5.48 Å². The Morgan fingerprint density at radius 2 is 1.89 bits per heavy atom. The van der Waals surface area contributed by atoms with E-state index in [1.165, 1.54) is 0 Å². The van der Waals surface area contributed by atoms with Crippen molar-refractivity contribution in [2.24, 2.45) is 0 Å². The molecule has 102 valence electrons. The maximum absolute atomic E-state index is 12.0. The van der Waals surface area contributed by atoms with Crippen molar-refractivity contribution < 1.29 is 18.0 Å². The number of hydrogen-bond acceptors (Lipinski definition) is 2. The van der Waals surface area contributed by atoms with Gasteiger partial charge in [-0.25, -0.2) is 0 Å². The molecular weight excluding hydrogens is 243 g/mol. The maximum atomic E-state index is 12.0. The Hall–Kier alpha value is -1.07. The van der Waals surface area contributed by atoms with E-state index in [4.69, 9.17) is 0 Å². The van der Waals surface area contributed by atoms with Crippen LogP contribution in [0.3, 0.4) is 0 Å². The Balaban J connectivity index is 2.51. The summed E-state index contributed by atoms with van der Waals surface area (Å²) >= 11 is 0. The lowest BCUT2D eigenvalue weighted by molar-refractivity contribution is -0.193. The molecule has 1 aromatic rings. The monoisotopic (exact) mass is 261 g/mol. The molecule has 2 nitrogen and oxygen atoms in total. The van der Waals surface area contributed by atoms with E-state index in [1.807, 2.05) is 37.3 Å². The van der Waals surface area contributed by atoms with Gasteiger partial charge in [-0.1, -0.05) is 50.1 Å². The quantitative estimate of drug-likeness (QED) is 0.749. The Morgan fingerprint density at radius 1 is 1.22 bits per heavy atom. The van der Waals surface area contributed by atoms with Crippen LogP contribution in [0.1, 0.15) is 37.8 Å². The van der Waals surface area contributed by atoms with E-state index >= 15 is 0 Å². The van der Waals surface area contributed by atoms with Crippen LogP contribution in [0, 0.1) is 0 Å². The zero-order valence-corrected chi connectivity index (χ0v) is 10.3. The van der Waals surface area contributed by atoms with E-state index in [1.54, 1.807) is 0 Å². The molecule has 0 amide bonds. The molecule has 0 saturated heterocycles. The Kier molecular flexibility index (Phi) is 6.15. The number of halogens is 3. The molecule has 0 bridgehead atoms. The van der Waals surface area contributed by atoms with Crippen LogP contribution in [-0.2, 0) is 4.84 Å². The minimum absolute atomic E-state index is 0.200. The fourth-order valence-electron chi connectivity index (χ4n) is 1.61. The molecule has 0 spiro atoms. The van der Waals surface area contributed by atoms with Crippen molar-refractivity contribution in [2.45, 2.75) is 38.4 Å². The fourth-order valence-corrected chi connectivity index (χ4v) is 1.61. The van der Waals surface area contributed by atoms with Gasteiger partial charge in [-0.3, -0.25) is 4.84 Å². The van der Waals surface area contributed by atoms with Gasteiger partial charge in [0.15, 0.2) is 6.61 Å². The Labute approximate surface area is 105 Å². The second-order valence-electron chi connectivity index (χ2n) is 4.13. The van der Waals surface area contributed by atoms with Gasteiger partial charge >= 0.3 is 6.18 Å². The third kappa shape index (κ3) is 6.02. The SMILES string of the molecule is CCCCC(NOCC(F)(F)F)c1ccccc1. The molecule has 1 rings (SSSR count). The molecule has 0 fully saturated rings. The lowest BCUT2D eigenvalue weighted by atomic mass is 10.0. The van der Waals surface area contributed by atoms with Crippen LogP contribution in [0.25, 0.3) is 0 Å². The molecular formula is C13H18F3NO. The lowest BCUT2D eigenvalue weighted by Crippen LogP contribution is -2.28. The molecule has 1 unspecified atom stereocenters. The molecule has 0 aliphatic carbocycles. The summed E-state index contributed by atoms with van der Waals surface area (Å²) in [7, 11) is 0. The first kappa shape index (κ1) is 15.0. The van der Waals surface area contributed by atoms with E-state index in [0.29, 0.717) is 0 Å². The van der Waals surface area contributed by atoms with Gasteiger partial charge in [0, 0.05) is 0 Å². The van der Waals surface area contributed by atoms with Gasteiger partial charge < -0.3 is 0 Å². The van der Waals surface area contributed by atoms with E-state index < -0.39 is 12.8 Å². The number of unbranched alkanes of at least 4 members (excludes halogenated alkanes) is 1. The Bertz CT molecular complexity index is 327. The summed E-state index contributed by atoms with van der Waals surface area (Å²) in [5.41, 5.74) is 3.45. The third-order valence-electron chi connectivity index (χ3n) is 2.51. The molecule has 0 radical (unpaired) electrons. The van der Waals surface area contributed by atoms with Crippen molar-refractivity contribution in [1.82, 2.24) is 5.48 Å². The first-order valence-electron chi connectivity index (χ1n) is 6.02. The van der Waals surface area contributed by atoms with Crippen molar-refractivity contribution in [1.29, 1.82) is 0 Å². The topological polar surface area (TPSA) is 21.3 Å². The largest absolute Gasteiger partial charge is 0.413 e. The van der Waals surface area contributed by atoms with Gasteiger partial charge in [0.25, 0.3) is 0 Å². The summed E-state index contributed by atoms with van der Waals surface area (Å²) in [6, 6.07) is 9.15. The van der Waals surface area contributed by atoms with Crippen molar-refractivity contribution in [2.75, 3.05) is 6.61 Å². The van der Waals surface area contributed by atoms with Gasteiger partial charge in [0.2, 0.25) is 0 Å². The normalized spacial score (nSPS) is 13.6. The van der Waals surface area contributed by atoms with Crippen LogP contribution in [0.5, 0.6) is 0 Å². The van der Waals surface area contributed by atoms with Crippen LogP contribution >= 0.6 is 0 Å². The zero-order valence-electron chi connectivity index (χ0n) is 10.3. The molecule has 0 saturated carbocycles. The van der Waals surface area contributed by atoms with Crippen molar-refractivity contribution in [3.8, 4) is 0 Å². The average molecular weight is 261 g/mol. The first-order chi connectivity index (χ1) is 8.53. The average Bonchev–Trinajstić information content (AvgIpc) is 2.33. The van der Waals surface area contributed by atoms with E-state index in [2.05, 4.69) is 10.3 Å². The fraction of sp³-hybridized carbons (Fsp3) is 0.538. The summed E-state index contributed by atoms with van der Waals surface area (Å²) in [5, 5.41) is 0. The van der Waals surface area contributed by atoms with Gasteiger partial charge in [0.1, 0.15) is 0 Å². The Morgan fingerprint density at radius 3 is 2.44 bits per heavy atom. The molecule has 1 N–H and O–H groups in total. The highest BCUT2D eigenvalue weighted by molar-refractivity contribution is 5.18. The molecule has 1 atom stereocenters. The first-order valence-corrected chi connectivity index (χ1v) is 6.02. The van der Waals surface area contributed by atoms with Gasteiger partial charge in [-0.2, -0.15) is 18.7 Å². The maximum Gasteiger partial charge on any atom is 0.413 e. The number of hydroxylamine groups is 1. The molecule has 0 aromatic heterocycles. The summed E-state index contributed by atoms with van der Waals surface area (Å²) < 4.78 is 36.0. The van der Waals surface area contributed by atoms with Gasteiger partial charge in [-0.15, -0.1) is 0 Å². The predicted octanol–water partition coefficient (Wildman–Crippen LogP) is 4.00. The molecule has 0 heterocycles. The summed E-state index contributed by atoms with van der Waals surface area (Å²) in [6.07, 6.45) is -1.64. The molecule has 1 aromatic carbocycles. The second kappa shape index (κ2) is 7.38. The minimum Gasteiger partial charge on any atom is -0.292 e. The summed E-state index contributed by atoms with van der Waals surface area (Å²) in [5.74, 6) is 0. The number of rotatable bonds is 7. The number of benzene rings is 1. The minimum atomic E-state index is -4.31. The number of alkyl halides is 3. The van der Waals surface area contributed by atoms with Crippen molar-refractivity contribution >= 4 is 0 Å². The lowest BCUT2D eigenvalue weighted by Gasteiger charge is -2.19. The van der Waals surface area contributed by atoms with Crippen LogP contribution in [0.15, 0.2) is 30.3 Å².